The molecule has 3 aromatic rings. The molecule has 8 nitrogen and oxygen atoms in total. The topological polar surface area (TPSA) is 121 Å². The number of aliphatic carboxylic acids is 1. The smallest absolute Gasteiger partial charge is 0.407 e. The van der Waals surface area contributed by atoms with Crippen molar-refractivity contribution >= 4 is 18.0 Å². The average molecular weight is 462 g/mol. The van der Waals surface area contributed by atoms with Crippen LogP contribution in [0.1, 0.15) is 36.6 Å². The number of hydrogen-bond donors (Lipinski definition) is 4. The predicted molar refractivity (Wildman–Crippen MR) is 126 cm³/mol. The molecule has 2 aromatic carbocycles. The highest BCUT2D eigenvalue weighted by Gasteiger charge is 2.34. The van der Waals surface area contributed by atoms with Crippen molar-refractivity contribution in [2.75, 3.05) is 6.61 Å². The molecule has 0 bridgehead atoms. The summed E-state index contributed by atoms with van der Waals surface area (Å²) in [7, 11) is 0. The molecule has 176 valence electrons. The van der Waals surface area contributed by atoms with Gasteiger partial charge in [0.05, 0.1) is 0 Å². The highest BCUT2D eigenvalue weighted by atomic mass is 16.5. The number of carboxylic acid groups (broad SMARTS) is 1. The summed E-state index contributed by atoms with van der Waals surface area (Å²) in [5, 5.41) is 14.4. The van der Waals surface area contributed by atoms with Crippen molar-refractivity contribution in [1.82, 2.24) is 15.6 Å². The second kappa shape index (κ2) is 9.43. The fourth-order valence-corrected chi connectivity index (χ4v) is 4.15. The zero-order chi connectivity index (χ0) is 24.3. The highest BCUT2D eigenvalue weighted by Crippen LogP contribution is 2.44. The lowest BCUT2D eigenvalue weighted by Crippen LogP contribution is -2.57. The third kappa shape index (κ3) is 4.80. The van der Waals surface area contributed by atoms with Crippen molar-refractivity contribution in [1.29, 1.82) is 0 Å². The molecule has 8 heteroatoms. The summed E-state index contributed by atoms with van der Waals surface area (Å²) in [6, 6.07) is 18.6. The molecule has 0 saturated carbocycles. The second-order valence-corrected chi connectivity index (χ2v) is 8.84. The van der Waals surface area contributed by atoms with E-state index in [2.05, 4.69) is 27.8 Å². The van der Waals surface area contributed by atoms with Crippen LogP contribution >= 0.6 is 0 Å². The number of hydrogen-bond acceptors (Lipinski definition) is 4. The van der Waals surface area contributed by atoms with Gasteiger partial charge in [-0.15, -0.1) is 0 Å². The van der Waals surface area contributed by atoms with Gasteiger partial charge in [0.2, 0.25) is 5.91 Å². The molecule has 0 fully saturated rings. The number of alkyl carbamates (subject to hydrolysis) is 1. The lowest BCUT2D eigenvalue weighted by molar-refractivity contribution is -0.146. The van der Waals surface area contributed by atoms with Crippen LogP contribution in [0.2, 0.25) is 0 Å². The summed E-state index contributed by atoms with van der Waals surface area (Å²) in [6.45, 7) is 2.87. The molecule has 1 unspecified atom stereocenters. The Labute approximate surface area is 197 Å². The van der Waals surface area contributed by atoms with E-state index in [1.54, 1.807) is 18.3 Å². The molecular formula is C26H27N3O5. The largest absolute Gasteiger partial charge is 0.480 e. The zero-order valence-electron chi connectivity index (χ0n) is 19.0. The number of rotatable bonds is 8. The first kappa shape index (κ1) is 23.1. The molecule has 4 N–H and O–H groups in total. The SMILES string of the molecule is CC(C)(NC(=O)C(Cc1ccc[nH]1)NC(=O)OCC1c2ccccc2-c2ccccc21)C(=O)O. The Morgan fingerprint density at radius 3 is 2.18 bits per heavy atom. The number of amides is 2. The maximum absolute atomic E-state index is 12.9. The van der Waals surface area contributed by atoms with Crippen molar-refractivity contribution in [3.8, 4) is 11.1 Å². The molecule has 1 aromatic heterocycles. The molecule has 34 heavy (non-hydrogen) atoms. The third-order valence-electron chi connectivity index (χ3n) is 6.01. The van der Waals surface area contributed by atoms with Gasteiger partial charge in [0.1, 0.15) is 18.2 Å². The summed E-state index contributed by atoms with van der Waals surface area (Å²) >= 11 is 0. The number of nitrogens with one attached hydrogen (secondary N) is 3. The fraction of sp³-hybridized carbons (Fsp3) is 0.269. The van der Waals surface area contributed by atoms with Crippen molar-refractivity contribution in [3.05, 3.63) is 83.7 Å². The van der Waals surface area contributed by atoms with Crippen molar-refractivity contribution in [2.24, 2.45) is 0 Å². The van der Waals surface area contributed by atoms with E-state index in [1.807, 2.05) is 36.4 Å². The summed E-state index contributed by atoms with van der Waals surface area (Å²) in [6.07, 6.45) is 1.11. The van der Waals surface area contributed by atoms with Crippen LogP contribution in [0.4, 0.5) is 4.79 Å². The van der Waals surface area contributed by atoms with Gasteiger partial charge in [0.25, 0.3) is 0 Å². The van der Waals surface area contributed by atoms with Gasteiger partial charge < -0.3 is 25.5 Å². The second-order valence-electron chi connectivity index (χ2n) is 8.84. The summed E-state index contributed by atoms with van der Waals surface area (Å²) < 4.78 is 5.56. The van der Waals surface area contributed by atoms with Gasteiger partial charge in [-0.25, -0.2) is 9.59 Å². The predicted octanol–water partition coefficient (Wildman–Crippen LogP) is 3.44. The first-order chi connectivity index (χ1) is 16.3. The van der Waals surface area contributed by atoms with Gasteiger partial charge in [-0.05, 0) is 48.2 Å². The maximum Gasteiger partial charge on any atom is 0.407 e. The highest BCUT2D eigenvalue weighted by molar-refractivity contribution is 5.91. The molecule has 0 radical (unpaired) electrons. The first-order valence-electron chi connectivity index (χ1n) is 11.1. The molecule has 0 saturated heterocycles. The molecule has 1 atom stereocenters. The normalized spacial score (nSPS) is 13.5. The van der Waals surface area contributed by atoms with Gasteiger partial charge in [-0.3, -0.25) is 4.79 Å². The molecular weight excluding hydrogens is 434 g/mol. The number of aromatic amines is 1. The standard InChI is InChI=1S/C26H27N3O5/c1-26(2,24(31)32)29-23(30)22(14-16-8-7-13-27-16)28-25(33)34-15-21-19-11-5-3-9-17(19)18-10-4-6-12-20(18)21/h3-13,21-22,27H,14-15H2,1-2H3,(H,28,33)(H,29,30)(H,31,32). The van der Waals surface area contributed by atoms with E-state index in [4.69, 9.17) is 4.74 Å². The number of benzene rings is 2. The van der Waals surface area contributed by atoms with Crippen LogP contribution in [0.15, 0.2) is 66.9 Å². The van der Waals surface area contributed by atoms with Gasteiger partial charge in [0.15, 0.2) is 0 Å². The Kier molecular flexibility index (Phi) is 6.40. The number of aromatic nitrogens is 1. The first-order valence-corrected chi connectivity index (χ1v) is 11.1. The van der Waals surface area contributed by atoms with Crippen molar-refractivity contribution in [2.45, 2.75) is 37.8 Å². The molecule has 2 amide bonds. The molecule has 0 aliphatic heterocycles. The Hall–Kier alpha value is -4.07. The molecule has 1 heterocycles. The van der Waals surface area contributed by atoms with Gasteiger partial charge in [-0.2, -0.15) is 0 Å². The van der Waals surface area contributed by atoms with Crippen LogP contribution in [0.25, 0.3) is 11.1 Å². The molecule has 1 aliphatic rings. The summed E-state index contributed by atoms with van der Waals surface area (Å²) in [4.78, 5) is 40.0. The zero-order valence-corrected chi connectivity index (χ0v) is 19.0. The number of fused-ring (bicyclic) bond motifs is 3. The fourth-order valence-electron chi connectivity index (χ4n) is 4.15. The van der Waals surface area contributed by atoms with E-state index in [-0.39, 0.29) is 18.9 Å². The van der Waals surface area contributed by atoms with E-state index in [0.29, 0.717) is 5.69 Å². The van der Waals surface area contributed by atoms with Gasteiger partial charge >= 0.3 is 12.1 Å². The number of carbonyl (C=O) groups is 3. The number of carboxylic acids is 1. The number of ether oxygens (including phenoxy) is 1. The Balaban J connectivity index is 1.46. The van der Waals surface area contributed by atoms with Crippen molar-refractivity contribution in [3.63, 3.8) is 0 Å². The van der Waals surface area contributed by atoms with Crippen LogP contribution in [0.5, 0.6) is 0 Å². The Bertz CT molecular complexity index is 1160. The van der Waals surface area contributed by atoms with E-state index < -0.39 is 29.6 Å². The van der Waals surface area contributed by atoms with E-state index in [1.165, 1.54) is 13.8 Å². The van der Waals surface area contributed by atoms with Gasteiger partial charge in [-0.1, -0.05) is 48.5 Å². The Morgan fingerprint density at radius 2 is 1.62 bits per heavy atom. The van der Waals surface area contributed by atoms with Crippen LogP contribution in [-0.2, 0) is 20.7 Å². The lowest BCUT2D eigenvalue weighted by atomic mass is 9.98. The lowest BCUT2D eigenvalue weighted by Gasteiger charge is -2.25. The average Bonchev–Trinajstić information content (AvgIpc) is 3.43. The van der Waals surface area contributed by atoms with Gasteiger partial charge in [0, 0.05) is 24.2 Å². The monoisotopic (exact) mass is 461 g/mol. The van der Waals surface area contributed by atoms with Crippen LogP contribution < -0.4 is 10.6 Å². The minimum absolute atomic E-state index is 0.108. The van der Waals surface area contributed by atoms with E-state index >= 15 is 0 Å². The number of H-pyrrole nitrogens is 1. The minimum Gasteiger partial charge on any atom is -0.480 e. The number of carbonyl (C=O) groups excluding carboxylic acids is 2. The third-order valence-corrected chi connectivity index (χ3v) is 6.01. The maximum atomic E-state index is 12.9. The Morgan fingerprint density at radius 1 is 1.00 bits per heavy atom. The summed E-state index contributed by atoms with van der Waals surface area (Å²) in [5.74, 6) is -1.91. The van der Waals surface area contributed by atoms with Crippen LogP contribution in [0, 0.1) is 0 Å². The molecule has 4 rings (SSSR count). The van der Waals surface area contributed by atoms with Crippen molar-refractivity contribution < 1.29 is 24.2 Å². The minimum atomic E-state index is -1.49. The van der Waals surface area contributed by atoms with E-state index in [0.717, 1.165) is 22.3 Å². The summed E-state index contributed by atoms with van der Waals surface area (Å²) in [5.41, 5.74) is 3.63. The van der Waals surface area contributed by atoms with Crippen LogP contribution in [-0.4, -0.2) is 46.2 Å². The molecule has 0 spiro atoms. The quantitative estimate of drug-likeness (QED) is 0.410. The van der Waals surface area contributed by atoms with Crippen LogP contribution in [0.3, 0.4) is 0 Å². The van der Waals surface area contributed by atoms with E-state index in [9.17, 15) is 19.5 Å². The molecule has 1 aliphatic carbocycles.